The molecule has 27 heavy (non-hydrogen) atoms. The lowest BCUT2D eigenvalue weighted by Gasteiger charge is -2.09. The molecule has 0 radical (unpaired) electrons. The zero-order chi connectivity index (χ0) is 19.1. The van der Waals surface area contributed by atoms with Crippen LogP contribution in [0.4, 0.5) is 0 Å². The van der Waals surface area contributed by atoms with Gasteiger partial charge in [0.15, 0.2) is 0 Å². The Morgan fingerprint density at radius 3 is 2.56 bits per heavy atom. The van der Waals surface area contributed by atoms with Crippen molar-refractivity contribution in [2.24, 2.45) is 5.92 Å². The average Bonchev–Trinajstić information content (AvgIpc) is 3.50. The topological polar surface area (TPSA) is 60.5 Å². The molecule has 1 aromatic carbocycles. The molecule has 0 saturated heterocycles. The first kappa shape index (κ1) is 19.2. The van der Waals surface area contributed by atoms with Crippen LogP contribution in [0, 0.1) is 5.92 Å². The summed E-state index contributed by atoms with van der Waals surface area (Å²) >= 11 is 0. The summed E-state index contributed by atoms with van der Waals surface area (Å²) in [6, 6.07) is 11.8. The van der Waals surface area contributed by atoms with E-state index in [2.05, 4.69) is 36.3 Å². The van der Waals surface area contributed by atoms with Gasteiger partial charge in [-0.3, -0.25) is 4.79 Å². The van der Waals surface area contributed by atoms with E-state index < -0.39 is 0 Å². The standard InChI is InChI=1S/C22H28N2O3/c1-16(2)19-6-8-20(9-7-19)26-12-11-21(25)23-13-18-5-10-22(24-14-18)27-15-17-3-4-17/h5-10,14,16-17H,3-4,11-13,15H2,1-2H3,(H,23,25). The molecule has 0 unspecified atom stereocenters. The van der Waals surface area contributed by atoms with Crippen molar-refractivity contribution >= 4 is 5.91 Å². The molecule has 144 valence electrons. The molecule has 0 spiro atoms. The number of nitrogens with zero attached hydrogens (tertiary/aromatic N) is 1. The third-order valence-corrected chi connectivity index (χ3v) is 4.60. The van der Waals surface area contributed by atoms with Gasteiger partial charge in [0.25, 0.3) is 0 Å². The summed E-state index contributed by atoms with van der Waals surface area (Å²) in [6.45, 7) is 5.88. The van der Waals surface area contributed by atoms with Gasteiger partial charge in [-0.15, -0.1) is 0 Å². The quantitative estimate of drug-likeness (QED) is 0.686. The second-order valence-electron chi connectivity index (χ2n) is 7.36. The number of pyridine rings is 1. The van der Waals surface area contributed by atoms with Crippen LogP contribution < -0.4 is 14.8 Å². The number of hydrogen-bond acceptors (Lipinski definition) is 4. The van der Waals surface area contributed by atoms with Gasteiger partial charge in [-0.1, -0.05) is 32.0 Å². The lowest BCUT2D eigenvalue weighted by atomic mass is 10.0. The van der Waals surface area contributed by atoms with Gasteiger partial charge < -0.3 is 14.8 Å². The number of benzene rings is 1. The van der Waals surface area contributed by atoms with Crippen LogP contribution in [0.5, 0.6) is 11.6 Å². The molecular formula is C22H28N2O3. The molecule has 5 nitrogen and oxygen atoms in total. The van der Waals surface area contributed by atoms with Gasteiger partial charge in [-0.25, -0.2) is 4.98 Å². The molecule has 1 fully saturated rings. The number of nitrogens with one attached hydrogen (secondary N) is 1. The third-order valence-electron chi connectivity index (χ3n) is 4.60. The summed E-state index contributed by atoms with van der Waals surface area (Å²) < 4.78 is 11.3. The second kappa shape index (κ2) is 9.40. The molecule has 1 aliphatic carbocycles. The van der Waals surface area contributed by atoms with E-state index in [4.69, 9.17) is 9.47 Å². The van der Waals surface area contributed by atoms with Crippen molar-refractivity contribution in [3.63, 3.8) is 0 Å². The summed E-state index contributed by atoms with van der Waals surface area (Å²) in [5, 5.41) is 2.89. The maximum Gasteiger partial charge on any atom is 0.223 e. The second-order valence-corrected chi connectivity index (χ2v) is 7.36. The molecular weight excluding hydrogens is 340 g/mol. The summed E-state index contributed by atoms with van der Waals surface area (Å²) in [5.74, 6) is 2.61. The Morgan fingerprint density at radius 1 is 1.15 bits per heavy atom. The van der Waals surface area contributed by atoms with Crippen molar-refractivity contribution in [1.82, 2.24) is 10.3 Å². The van der Waals surface area contributed by atoms with Gasteiger partial charge in [-0.05, 0) is 47.9 Å². The van der Waals surface area contributed by atoms with Crippen molar-refractivity contribution in [1.29, 1.82) is 0 Å². The summed E-state index contributed by atoms with van der Waals surface area (Å²) in [5.41, 5.74) is 2.23. The predicted octanol–water partition coefficient (Wildman–Crippen LogP) is 4.08. The first-order valence-corrected chi connectivity index (χ1v) is 9.67. The van der Waals surface area contributed by atoms with E-state index in [1.807, 2.05) is 24.3 Å². The van der Waals surface area contributed by atoms with Gasteiger partial charge in [-0.2, -0.15) is 0 Å². The Bertz CT molecular complexity index is 722. The average molecular weight is 368 g/mol. The molecule has 1 aliphatic rings. The molecule has 5 heteroatoms. The molecule has 1 saturated carbocycles. The van der Waals surface area contributed by atoms with Gasteiger partial charge in [0.1, 0.15) is 5.75 Å². The number of carbonyl (C=O) groups is 1. The van der Waals surface area contributed by atoms with Gasteiger partial charge in [0.2, 0.25) is 11.8 Å². The van der Waals surface area contributed by atoms with Crippen molar-refractivity contribution in [3.05, 3.63) is 53.7 Å². The van der Waals surface area contributed by atoms with Crippen molar-refractivity contribution in [3.8, 4) is 11.6 Å². The highest BCUT2D eigenvalue weighted by molar-refractivity contribution is 5.75. The van der Waals surface area contributed by atoms with Crippen molar-refractivity contribution in [2.45, 2.75) is 45.6 Å². The van der Waals surface area contributed by atoms with E-state index in [1.54, 1.807) is 6.20 Å². The molecule has 1 heterocycles. The largest absolute Gasteiger partial charge is 0.493 e. The summed E-state index contributed by atoms with van der Waals surface area (Å²) in [6.07, 6.45) is 4.59. The van der Waals surface area contributed by atoms with E-state index >= 15 is 0 Å². The number of aromatic nitrogens is 1. The first-order chi connectivity index (χ1) is 13.1. The smallest absolute Gasteiger partial charge is 0.223 e. The monoisotopic (exact) mass is 368 g/mol. The van der Waals surface area contributed by atoms with Crippen LogP contribution in [0.1, 0.15) is 50.2 Å². The van der Waals surface area contributed by atoms with Gasteiger partial charge in [0.05, 0.1) is 19.6 Å². The van der Waals surface area contributed by atoms with Crippen molar-refractivity contribution in [2.75, 3.05) is 13.2 Å². The highest BCUT2D eigenvalue weighted by Gasteiger charge is 2.22. The minimum Gasteiger partial charge on any atom is -0.493 e. The lowest BCUT2D eigenvalue weighted by molar-refractivity contribution is -0.121. The van der Waals surface area contributed by atoms with Crippen LogP contribution in [-0.4, -0.2) is 24.1 Å². The summed E-state index contributed by atoms with van der Waals surface area (Å²) in [7, 11) is 0. The Hall–Kier alpha value is -2.56. The van der Waals surface area contributed by atoms with Gasteiger partial charge >= 0.3 is 0 Å². The van der Waals surface area contributed by atoms with Crippen molar-refractivity contribution < 1.29 is 14.3 Å². The van der Waals surface area contributed by atoms with Crippen LogP contribution in [0.15, 0.2) is 42.6 Å². The number of hydrogen-bond donors (Lipinski definition) is 1. The zero-order valence-electron chi connectivity index (χ0n) is 16.1. The van der Waals surface area contributed by atoms with E-state index in [1.165, 1.54) is 18.4 Å². The fraction of sp³-hybridized carbons (Fsp3) is 0.455. The summed E-state index contributed by atoms with van der Waals surface area (Å²) in [4.78, 5) is 16.2. The SMILES string of the molecule is CC(C)c1ccc(OCCC(=O)NCc2ccc(OCC3CC3)nc2)cc1. The molecule has 0 atom stereocenters. The van der Waals surface area contributed by atoms with Crippen LogP contribution in [0.25, 0.3) is 0 Å². The van der Waals surface area contributed by atoms with Crippen LogP contribution in [-0.2, 0) is 11.3 Å². The highest BCUT2D eigenvalue weighted by Crippen LogP contribution is 2.29. The van der Waals surface area contributed by atoms with E-state index in [0.29, 0.717) is 37.3 Å². The van der Waals surface area contributed by atoms with E-state index in [-0.39, 0.29) is 5.91 Å². The maximum absolute atomic E-state index is 12.0. The number of rotatable bonds is 10. The normalized spacial score (nSPS) is 13.4. The van der Waals surface area contributed by atoms with Gasteiger partial charge in [0, 0.05) is 18.8 Å². The number of carbonyl (C=O) groups excluding carboxylic acids is 1. The Kier molecular flexibility index (Phi) is 6.69. The minimum atomic E-state index is -0.0390. The molecule has 1 aromatic heterocycles. The molecule has 3 rings (SSSR count). The van der Waals surface area contributed by atoms with E-state index in [0.717, 1.165) is 17.9 Å². The molecule has 0 aliphatic heterocycles. The maximum atomic E-state index is 12.0. The van der Waals surface area contributed by atoms with Crippen LogP contribution in [0.2, 0.25) is 0 Å². The van der Waals surface area contributed by atoms with Crippen LogP contribution >= 0.6 is 0 Å². The number of ether oxygens (including phenoxy) is 2. The first-order valence-electron chi connectivity index (χ1n) is 9.67. The molecule has 2 aromatic rings. The predicted molar refractivity (Wildman–Crippen MR) is 105 cm³/mol. The third kappa shape index (κ3) is 6.59. The molecule has 1 N–H and O–H groups in total. The Labute approximate surface area is 161 Å². The van der Waals surface area contributed by atoms with Crippen LogP contribution in [0.3, 0.4) is 0 Å². The molecule has 0 bridgehead atoms. The highest BCUT2D eigenvalue weighted by atomic mass is 16.5. The van der Waals surface area contributed by atoms with E-state index in [9.17, 15) is 4.79 Å². The lowest BCUT2D eigenvalue weighted by Crippen LogP contribution is -2.24. The fourth-order valence-corrected chi connectivity index (χ4v) is 2.59. The Balaban J connectivity index is 1.33. The minimum absolute atomic E-state index is 0.0390. The molecule has 1 amide bonds. The fourth-order valence-electron chi connectivity index (χ4n) is 2.59. The zero-order valence-corrected chi connectivity index (χ0v) is 16.1. The number of amides is 1. The Morgan fingerprint density at radius 2 is 1.93 bits per heavy atom.